The van der Waals surface area contributed by atoms with E-state index in [9.17, 15) is 9.59 Å². The predicted octanol–water partition coefficient (Wildman–Crippen LogP) is 4.33. The van der Waals surface area contributed by atoms with Gasteiger partial charge in [-0.1, -0.05) is 11.6 Å². The molecule has 1 amide bonds. The topological polar surface area (TPSA) is 60.3 Å². The van der Waals surface area contributed by atoms with E-state index < -0.39 is 5.91 Å². The molecule has 0 fully saturated rings. The summed E-state index contributed by atoms with van der Waals surface area (Å²) in [6.07, 6.45) is 1.59. The van der Waals surface area contributed by atoms with Gasteiger partial charge >= 0.3 is 0 Å². The van der Waals surface area contributed by atoms with Gasteiger partial charge in [0.25, 0.3) is 5.91 Å². The number of pyridine rings is 1. The maximum absolute atomic E-state index is 12.8. The number of aromatic nitrogens is 1. The Kier molecular flexibility index (Phi) is 5.28. The summed E-state index contributed by atoms with van der Waals surface area (Å²) < 4.78 is 7.24. The Morgan fingerprint density at radius 1 is 1.15 bits per heavy atom. The second-order valence-electron chi connectivity index (χ2n) is 5.73. The van der Waals surface area contributed by atoms with Crippen LogP contribution in [-0.2, 0) is 6.54 Å². The van der Waals surface area contributed by atoms with E-state index in [1.807, 2.05) is 18.4 Å². The van der Waals surface area contributed by atoms with Gasteiger partial charge in [-0.25, -0.2) is 0 Å². The Morgan fingerprint density at radius 2 is 1.88 bits per heavy atom. The molecule has 3 aromatic rings. The van der Waals surface area contributed by atoms with Gasteiger partial charge in [0.05, 0.1) is 12.1 Å². The average molecular weight is 371 g/mol. The van der Waals surface area contributed by atoms with Gasteiger partial charge in [0, 0.05) is 28.8 Å². The normalized spacial score (nSPS) is 10.7. The van der Waals surface area contributed by atoms with Crippen LogP contribution in [0.5, 0.6) is 5.75 Å². The molecule has 1 aromatic heterocycles. The number of amides is 1. The van der Waals surface area contributed by atoms with Crippen molar-refractivity contribution in [3.8, 4) is 5.75 Å². The average Bonchev–Trinajstić information content (AvgIpc) is 2.64. The lowest BCUT2D eigenvalue weighted by Crippen LogP contribution is -2.23. The first kappa shape index (κ1) is 18.0. The van der Waals surface area contributed by atoms with Gasteiger partial charge in [0.2, 0.25) is 5.43 Å². The highest BCUT2D eigenvalue weighted by Crippen LogP contribution is 2.19. The van der Waals surface area contributed by atoms with Gasteiger partial charge < -0.3 is 14.6 Å². The van der Waals surface area contributed by atoms with E-state index in [-0.39, 0.29) is 11.0 Å². The van der Waals surface area contributed by atoms with Crippen LogP contribution in [-0.4, -0.2) is 17.1 Å². The highest BCUT2D eigenvalue weighted by atomic mass is 35.5. The molecular weight excluding hydrogens is 352 g/mol. The van der Waals surface area contributed by atoms with Crippen LogP contribution < -0.4 is 15.5 Å². The summed E-state index contributed by atoms with van der Waals surface area (Å²) in [6.45, 7) is 5.05. The molecule has 1 heterocycles. The molecule has 0 aliphatic rings. The third kappa shape index (κ3) is 3.58. The van der Waals surface area contributed by atoms with Crippen LogP contribution in [0.15, 0.2) is 53.5 Å². The maximum atomic E-state index is 12.8. The van der Waals surface area contributed by atoms with Crippen molar-refractivity contribution >= 4 is 34.1 Å². The van der Waals surface area contributed by atoms with E-state index in [0.717, 1.165) is 11.3 Å². The van der Waals surface area contributed by atoms with Crippen molar-refractivity contribution in [2.24, 2.45) is 0 Å². The Bertz CT molecular complexity index is 1010. The van der Waals surface area contributed by atoms with Gasteiger partial charge in [0.1, 0.15) is 11.3 Å². The van der Waals surface area contributed by atoms with Crippen LogP contribution in [0.4, 0.5) is 5.69 Å². The van der Waals surface area contributed by atoms with Crippen LogP contribution in [0.2, 0.25) is 5.02 Å². The van der Waals surface area contributed by atoms with Crippen LogP contribution in [0, 0.1) is 0 Å². The zero-order chi connectivity index (χ0) is 18.7. The van der Waals surface area contributed by atoms with E-state index >= 15 is 0 Å². The number of aryl methyl sites for hydroxylation is 1. The summed E-state index contributed by atoms with van der Waals surface area (Å²) in [5, 5.41) is 3.65. The second kappa shape index (κ2) is 7.62. The molecule has 0 saturated heterocycles. The summed E-state index contributed by atoms with van der Waals surface area (Å²) in [5.41, 5.74) is 1.08. The summed E-state index contributed by atoms with van der Waals surface area (Å²) in [7, 11) is 0. The van der Waals surface area contributed by atoms with Crippen LogP contribution in [0.3, 0.4) is 0 Å². The van der Waals surface area contributed by atoms with E-state index in [1.165, 1.54) is 0 Å². The van der Waals surface area contributed by atoms with Crippen molar-refractivity contribution in [1.82, 2.24) is 4.57 Å². The van der Waals surface area contributed by atoms with Crippen molar-refractivity contribution < 1.29 is 9.53 Å². The van der Waals surface area contributed by atoms with Gasteiger partial charge in [-0.15, -0.1) is 0 Å². The molecule has 1 N–H and O–H groups in total. The van der Waals surface area contributed by atoms with Crippen molar-refractivity contribution in [2.75, 3.05) is 11.9 Å². The van der Waals surface area contributed by atoms with Crippen molar-refractivity contribution in [3.05, 3.63) is 69.5 Å². The number of benzene rings is 2. The highest BCUT2D eigenvalue weighted by Gasteiger charge is 2.15. The number of halogens is 1. The predicted molar refractivity (Wildman–Crippen MR) is 104 cm³/mol. The van der Waals surface area contributed by atoms with Crippen LogP contribution in [0.25, 0.3) is 10.9 Å². The minimum atomic E-state index is -0.455. The molecule has 2 aromatic carbocycles. The summed E-state index contributed by atoms with van der Waals surface area (Å²) in [5.74, 6) is 0.266. The van der Waals surface area contributed by atoms with Crippen molar-refractivity contribution in [2.45, 2.75) is 20.4 Å². The van der Waals surface area contributed by atoms with E-state index in [4.69, 9.17) is 16.3 Å². The molecule has 0 aliphatic carbocycles. The Labute approximate surface area is 156 Å². The number of nitrogens with one attached hydrogen (secondary N) is 1. The van der Waals surface area contributed by atoms with E-state index in [0.29, 0.717) is 29.2 Å². The Balaban J connectivity index is 1.97. The number of rotatable bonds is 5. The molecule has 0 aliphatic heterocycles. The third-order valence-electron chi connectivity index (χ3n) is 4.05. The molecule has 0 unspecified atom stereocenters. The highest BCUT2D eigenvalue weighted by molar-refractivity contribution is 6.31. The lowest BCUT2D eigenvalue weighted by Gasteiger charge is -2.12. The summed E-state index contributed by atoms with van der Waals surface area (Å²) in [4.78, 5) is 25.4. The van der Waals surface area contributed by atoms with Gasteiger partial charge in [-0.05, 0) is 56.3 Å². The smallest absolute Gasteiger partial charge is 0.261 e. The van der Waals surface area contributed by atoms with Gasteiger partial charge in [-0.3, -0.25) is 9.59 Å². The molecule has 26 heavy (non-hydrogen) atoms. The fourth-order valence-corrected chi connectivity index (χ4v) is 2.96. The first-order valence-corrected chi connectivity index (χ1v) is 8.78. The number of ether oxygens (including phenoxy) is 1. The van der Waals surface area contributed by atoms with Gasteiger partial charge in [0.15, 0.2) is 0 Å². The monoisotopic (exact) mass is 370 g/mol. The largest absolute Gasteiger partial charge is 0.494 e. The SMILES string of the molecule is CCOc1ccc(NC(=O)c2cn(CC)c3ccc(Cl)cc3c2=O)cc1. The van der Waals surface area contributed by atoms with E-state index in [1.54, 1.807) is 48.7 Å². The molecule has 3 rings (SSSR count). The molecule has 6 heteroatoms. The first-order valence-electron chi connectivity index (χ1n) is 8.40. The lowest BCUT2D eigenvalue weighted by molar-refractivity contribution is 0.102. The summed E-state index contributed by atoms with van der Waals surface area (Å²) >= 11 is 6.03. The molecule has 0 spiro atoms. The Hall–Kier alpha value is -2.79. The fourth-order valence-electron chi connectivity index (χ4n) is 2.79. The lowest BCUT2D eigenvalue weighted by atomic mass is 10.1. The molecule has 0 atom stereocenters. The molecule has 0 bridgehead atoms. The number of nitrogens with zero attached hydrogens (tertiary/aromatic N) is 1. The van der Waals surface area contributed by atoms with Crippen molar-refractivity contribution in [1.29, 1.82) is 0 Å². The minimum absolute atomic E-state index is 0.0792. The minimum Gasteiger partial charge on any atom is -0.494 e. The zero-order valence-corrected chi connectivity index (χ0v) is 15.3. The number of fused-ring (bicyclic) bond motifs is 1. The Morgan fingerprint density at radius 3 is 2.54 bits per heavy atom. The standard InChI is InChI=1S/C20H19ClN2O3/c1-3-23-12-17(19(24)16-11-13(21)5-10-18(16)23)20(25)22-14-6-8-15(9-7-14)26-4-2/h5-12H,3-4H2,1-2H3,(H,22,25). The number of hydrogen-bond acceptors (Lipinski definition) is 3. The van der Waals surface area contributed by atoms with Crippen molar-refractivity contribution in [3.63, 3.8) is 0 Å². The fraction of sp³-hybridized carbons (Fsp3) is 0.200. The number of anilines is 1. The maximum Gasteiger partial charge on any atom is 0.261 e. The first-order chi connectivity index (χ1) is 12.5. The number of carbonyl (C=O) groups is 1. The zero-order valence-electron chi connectivity index (χ0n) is 14.6. The summed E-state index contributed by atoms with van der Waals surface area (Å²) in [6, 6.07) is 12.1. The number of hydrogen-bond donors (Lipinski definition) is 1. The molecule has 134 valence electrons. The third-order valence-corrected chi connectivity index (χ3v) is 4.29. The molecule has 0 saturated carbocycles. The second-order valence-corrected chi connectivity index (χ2v) is 6.17. The molecule has 0 radical (unpaired) electrons. The van der Waals surface area contributed by atoms with Crippen LogP contribution >= 0.6 is 11.6 Å². The van der Waals surface area contributed by atoms with Crippen LogP contribution in [0.1, 0.15) is 24.2 Å². The van der Waals surface area contributed by atoms with Gasteiger partial charge in [-0.2, -0.15) is 0 Å². The molecular formula is C20H19ClN2O3. The quantitative estimate of drug-likeness (QED) is 0.727. The number of carbonyl (C=O) groups excluding carboxylic acids is 1. The molecule has 5 nitrogen and oxygen atoms in total. The van der Waals surface area contributed by atoms with E-state index in [2.05, 4.69) is 5.32 Å².